The van der Waals surface area contributed by atoms with E-state index in [1.165, 1.54) is 57.8 Å². The second-order valence-electron chi connectivity index (χ2n) is 7.46. The fourth-order valence-electron chi connectivity index (χ4n) is 2.65. The first kappa shape index (κ1) is 23.9. The smallest absolute Gasteiger partial charge is 0.305 e. The molecule has 0 saturated carbocycles. The summed E-state index contributed by atoms with van der Waals surface area (Å²) in [4.78, 5) is 23.1. The minimum absolute atomic E-state index is 0.0487. The zero-order chi connectivity index (χ0) is 18.8. The Hall–Kier alpha value is -1.06. The average Bonchev–Trinajstić information content (AvgIpc) is 2.58. The number of esters is 1. The highest BCUT2D eigenvalue weighted by atomic mass is 16.5. The number of nitrogens with one attached hydrogen (secondary N) is 1. The summed E-state index contributed by atoms with van der Waals surface area (Å²) in [6, 6.07) is 0. The van der Waals surface area contributed by atoms with E-state index in [-0.39, 0.29) is 11.9 Å². The van der Waals surface area contributed by atoms with E-state index >= 15 is 0 Å². The zero-order valence-corrected chi connectivity index (χ0v) is 16.9. The molecule has 0 aromatic heterocycles. The second kappa shape index (κ2) is 17.8. The molecule has 0 atom stereocenters. The quantitative estimate of drug-likeness (QED) is 0.281. The summed E-state index contributed by atoms with van der Waals surface area (Å²) in [6.45, 7) is 7.49. The monoisotopic (exact) mass is 355 g/mol. The predicted octanol–water partition coefficient (Wildman–Crippen LogP) is 5.39. The number of hydrogen-bond donors (Lipinski definition) is 1. The molecule has 0 saturated heterocycles. The lowest BCUT2D eigenvalue weighted by Crippen LogP contribution is -2.24. The van der Waals surface area contributed by atoms with Crippen molar-refractivity contribution in [1.29, 1.82) is 0 Å². The molecule has 0 aliphatic rings. The maximum absolute atomic E-state index is 11.7. The first-order chi connectivity index (χ1) is 12.1. The standard InChI is InChI=1S/C21H41NO3/c1-4-5-6-7-8-9-10-11-12-13-17-22-20(23)15-14-16-21(24)25-18-19(2)3/h19H,4-18H2,1-3H3,(H,22,23). The van der Waals surface area contributed by atoms with Crippen LogP contribution >= 0.6 is 0 Å². The van der Waals surface area contributed by atoms with Crippen LogP contribution in [-0.2, 0) is 14.3 Å². The molecule has 148 valence electrons. The van der Waals surface area contributed by atoms with Gasteiger partial charge in [0.25, 0.3) is 0 Å². The van der Waals surface area contributed by atoms with Crippen LogP contribution in [0.25, 0.3) is 0 Å². The number of unbranched alkanes of at least 4 members (excludes halogenated alkanes) is 9. The third kappa shape index (κ3) is 19.1. The van der Waals surface area contributed by atoms with Crippen LogP contribution in [0.4, 0.5) is 0 Å². The molecule has 0 aromatic carbocycles. The van der Waals surface area contributed by atoms with E-state index in [1.807, 2.05) is 13.8 Å². The molecule has 4 heteroatoms. The lowest BCUT2D eigenvalue weighted by molar-refractivity contribution is -0.144. The average molecular weight is 356 g/mol. The van der Waals surface area contributed by atoms with Crippen molar-refractivity contribution in [3.05, 3.63) is 0 Å². The molecule has 1 amide bonds. The van der Waals surface area contributed by atoms with E-state index in [2.05, 4.69) is 12.2 Å². The highest BCUT2D eigenvalue weighted by Gasteiger charge is 2.06. The van der Waals surface area contributed by atoms with Gasteiger partial charge in [-0.2, -0.15) is 0 Å². The van der Waals surface area contributed by atoms with Gasteiger partial charge in [0.2, 0.25) is 5.91 Å². The highest BCUT2D eigenvalue weighted by Crippen LogP contribution is 2.10. The van der Waals surface area contributed by atoms with E-state index < -0.39 is 0 Å². The van der Waals surface area contributed by atoms with Crippen molar-refractivity contribution in [2.45, 2.75) is 104 Å². The normalized spacial score (nSPS) is 10.9. The van der Waals surface area contributed by atoms with E-state index in [9.17, 15) is 9.59 Å². The highest BCUT2D eigenvalue weighted by molar-refractivity contribution is 5.76. The SMILES string of the molecule is CCCCCCCCCCCCNC(=O)CCCC(=O)OCC(C)C. The van der Waals surface area contributed by atoms with Crippen LogP contribution in [0.5, 0.6) is 0 Å². The molecule has 0 heterocycles. The Labute approximate surface area is 155 Å². The van der Waals surface area contributed by atoms with Gasteiger partial charge >= 0.3 is 5.97 Å². The van der Waals surface area contributed by atoms with Crippen molar-refractivity contribution in [3.63, 3.8) is 0 Å². The Morgan fingerprint density at radius 3 is 1.92 bits per heavy atom. The van der Waals surface area contributed by atoms with Crippen LogP contribution in [0.1, 0.15) is 104 Å². The molecule has 25 heavy (non-hydrogen) atoms. The summed E-state index contributed by atoms with van der Waals surface area (Å²) < 4.78 is 5.09. The Bertz CT molecular complexity index is 329. The van der Waals surface area contributed by atoms with E-state index in [0.717, 1.165) is 13.0 Å². The maximum Gasteiger partial charge on any atom is 0.305 e. The summed E-state index contributed by atoms with van der Waals surface area (Å²) in [7, 11) is 0. The van der Waals surface area contributed by atoms with Crippen molar-refractivity contribution in [3.8, 4) is 0 Å². The number of carbonyl (C=O) groups excluding carboxylic acids is 2. The summed E-state index contributed by atoms with van der Waals surface area (Å²) in [5, 5.41) is 2.94. The Morgan fingerprint density at radius 1 is 0.800 bits per heavy atom. The molecule has 0 rings (SSSR count). The van der Waals surface area contributed by atoms with Crippen LogP contribution < -0.4 is 5.32 Å². The number of ether oxygens (including phenoxy) is 1. The van der Waals surface area contributed by atoms with Gasteiger partial charge in [0, 0.05) is 19.4 Å². The molecule has 0 aromatic rings. The van der Waals surface area contributed by atoms with E-state index in [4.69, 9.17) is 4.74 Å². The van der Waals surface area contributed by atoms with Gasteiger partial charge < -0.3 is 10.1 Å². The third-order valence-corrected chi connectivity index (χ3v) is 4.21. The van der Waals surface area contributed by atoms with Crippen LogP contribution in [0.2, 0.25) is 0 Å². The molecule has 0 spiro atoms. The molecule has 1 N–H and O–H groups in total. The fourth-order valence-corrected chi connectivity index (χ4v) is 2.65. The molecule has 0 fully saturated rings. The number of amides is 1. The van der Waals surface area contributed by atoms with Crippen LogP contribution in [0.3, 0.4) is 0 Å². The molecule has 0 aliphatic heterocycles. The van der Waals surface area contributed by atoms with Gasteiger partial charge in [-0.1, -0.05) is 78.6 Å². The lowest BCUT2D eigenvalue weighted by atomic mass is 10.1. The molecular formula is C21H41NO3. The van der Waals surface area contributed by atoms with Crippen LogP contribution in [0.15, 0.2) is 0 Å². The fraction of sp³-hybridized carbons (Fsp3) is 0.905. The maximum atomic E-state index is 11.7. The predicted molar refractivity (Wildman–Crippen MR) is 105 cm³/mol. The summed E-state index contributed by atoms with van der Waals surface area (Å²) >= 11 is 0. The lowest BCUT2D eigenvalue weighted by Gasteiger charge is -2.07. The molecule has 0 bridgehead atoms. The largest absolute Gasteiger partial charge is 0.465 e. The molecule has 4 nitrogen and oxygen atoms in total. The van der Waals surface area contributed by atoms with Gasteiger partial charge in [-0.25, -0.2) is 0 Å². The van der Waals surface area contributed by atoms with Gasteiger partial charge in [0.05, 0.1) is 6.61 Å². The first-order valence-corrected chi connectivity index (χ1v) is 10.5. The minimum Gasteiger partial charge on any atom is -0.465 e. The van der Waals surface area contributed by atoms with Gasteiger partial charge in [0.1, 0.15) is 0 Å². The molecule has 0 radical (unpaired) electrons. The molecule has 0 unspecified atom stereocenters. The second-order valence-corrected chi connectivity index (χ2v) is 7.46. The van der Waals surface area contributed by atoms with Crippen molar-refractivity contribution in [2.75, 3.05) is 13.2 Å². The van der Waals surface area contributed by atoms with Crippen molar-refractivity contribution in [2.24, 2.45) is 5.92 Å². The minimum atomic E-state index is -0.198. The number of carbonyl (C=O) groups is 2. The summed E-state index contributed by atoms with van der Waals surface area (Å²) in [5.41, 5.74) is 0. The third-order valence-electron chi connectivity index (χ3n) is 4.21. The molecular weight excluding hydrogens is 314 g/mol. The zero-order valence-electron chi connectivity index (χ0n) is 16.9. The van der Waals surface area contributed by atoms with Crippen molar-refractivity contribution < 1.29 is 14.3 Å². The van der Waals surface area contributed by atoms with Crippen molar-refractivity contribution in [1.82, 2.24) is 5.32 Å². The summed E-state index contributed by atoms with van der Waals surface area (Å²) in [6.07, 6.45) is 14.3. The first-order valence-electron chi connectivity index (χ1n) is 10.5. The van der Waals surface area contributed by atoms with Gasteiger partial charge in [-0.15, -0.1) is 0 Å². The van der Waals surface area contributed by atoms with E-state index in [0.29, 0.717) is 31.8 Å². The van der Waals surface area contributed by atoms with Gasteiger partial charge in [-0.05, 0) is 18.8 Å². The van der Waals surface area contributed by atoms with Gasteiger partial charge in [0.15, 0.2) is 0 Å². The topological polar surface area (TPSA) is 55.4 Å². The van der Waals surface area contributed by atoms with Crippen molar-refractivity contribution >= 4 is 11.9 Å². The number of rotatable bonds is 17. The van der Waals surface area contributed by atoms with Crippen LogP contribution in [-0.4, -0.2) is 25.0 Å². The Morgan fingerprint density at radius 2 is 1.36 bits per heavy atom. The molecule has 0 aliphatic carbocycles. The number of hydrogen-bond acceptors (Lipinski definition) is 3. The Kier molecular flexibility index (Phi) is 17.0. The summed E-state index contributed by atoms with van der Waals surface area (Å²) in [5.74, 6) is 0.206. The van der Waals surface area contributed by atoms with E-state index in [1.54, 1.807) is 0 Å². The van der Waals surface area contributed by atoms with Crippen LogP contribution in [0, 0.1) is 5.92 Å². The Balaban J connectivity index is 3.29. The van der Waals surface area contributed by atoms with Gasteiger partial charge in [-0.3, -0.25) is 9.59 Å².